The molecule has 2 fully saturated rings. The van der Waals surface area contributed by atoms with Crippen LogP contribution in [0.15, 0.2) is 66.7 Å². The van der Waals surface area contributed by atoms with E-state index in [-0.39, 0.29) is 24.2 Å². The van der Waals surface area contributed by atoms with E-state index in [2.05, 4.69) is 39.6 Å². The van der Waals surface area contributed by atoms with Crippen LogP contribution in [0.25, 0.3) is 32.8 Å². The number of hydrogen-bond donors (Lipinski definition) is 1. The number of ether oxygens (including phenoxy) is 1. The predicted octanol–water partition coefficient (Wildman–Crippen LogP) is 7.15. The average molecular weight is 844 g/mol. The first-order chi connectivity index (χ1) is 29.4. The molecule has 4 amide bonds. The molecule has 14 heteroatoms. The Kier molecular flexibility index (Phi) is 10.6. The van der Waals surface area contributed by atoms with E-state index in [4.69, 9.17) is 21.4 Å². The van der Waals surface area contributed by atoms with Gasteiger partial charge in [-0.3, -0.25) is 39.0 Å². The molecule has 0 aliphatic carbocycles. The Hall–Kier alpha value is -6.05. The van der Waals surface area contributed by atoms with Crippen molar-refractivity contribution in [3.8, 4) is 16.9 Å². The van der Waals surface area contributed by atoms with Gasteiger partial charge in [-0.25, -0.2) is 4.39 Å². The molecule has 1 unspecified atom stereocenters. The number of amides is 4. The molecule has 314 valence electrons. The number of anilines is 1. The van der Waals surface area contributed by atoms with Gasteiger partial charge < -0.3 is 14.2 Å². The van der Waals surface area contributed by atoms with E-state index in [1.165, 1.54) is 23.4 Å². The normalized spacial score (nSPS) is 17.2. The van der Waals surface area contributed by atoms with Gasteiger partial charge in [0.2, 0.25) is 11.8 Å². The standard InChI is InChI=1S/C47H47ClFN7O5/c1-27-41(29(3)52(4)51-27)43-36(48)16-15-34-32(10-7-25-61-39-12-5-8-30-26-31(49)13-14-33(30)39)28(2)55(44(34)43)24-21-53-19-22-54(23-20-53)37-11-6-9-35-42(37)47(60)56(46(35)59)38-17-18-40(57)50-45(38)58/h5-6,8-9,11-16,26,38H,7,10,17-25H2,1-4H3,(H,50,57,58). The summed E-state index contributed by atoms with van der Waals surface area (Å²) < 4.78 is 24.5. The zero-order chi connectivity index (χ0) is 42.7. The van der Waals surface area contributed by atoms with Crippen molar-refractivity contribution in [2.45, 2.75) is 59.0 Å². The minimum atomic E-state index is -1.01. The van der Waals surface area contributed by atoms with Crippen LogP contribution in [0.4, 0.5) is 10.1 Å². The number of imide groups is 2. The van der Waals surface area contributed by atoms with Crippen LogP contribution in [-0.2, 0) is 29.6 Å². The van der Waals surface area contributed by atoms with Crippen LogP contribution in [0.5, 0.6) is 5.75 Å². The van der Waals surface area contributed by atoms with Crippen LogP contribution in [0, 0.1) is 26.6 Å². The molecule has 0 saturated carbocycles. The van der Waals surface area contributed by atoms with Crippen molar-refractivity contribution in [3.05, 3.63) is 111 Å². The maximum Gasteiger partial charge on any atom is 0.264 e. The molecule has 0 spiro atoms. The van der Waals surface area contributed by atoms with E-state index in [1.807, 2.05) is 49.0 Å². The van der Waals surface area contributed by atoms with E-state index in [0.717, 1.165) is 87.3 Å². The molecule has 5 heterocycles. The Morgan fingerprint density at radius 3 is 2.38 bits per heavy atom. The average Bonchev–Trinajstić information content (AvgIpc) is 3.77. The van der Waals surface area contributed by atoms with E-state index in [0.29, 0.717) is 42.5 Å². The number of carbonyl (C=O) groups excluding carboxylic acids is 4. The van der Waals surface area contributed by atoms with Crippen molar-refractivity contribution in [3.63, 3.8) is 0 Å². The first kappa shape index (κ1) is 40.4. The third-order valence-electron chi connectivity index (χ3n) is 12.8. The molecule has 6 aromatic rings. The Morgan fingerprint density at radius 2 is 1.62 bits per heavy atom. The summed E-state index contributed by atoms with van der Waals surface area (Å²) in [5.41, 5.74) is 8.73. The summed E-state index contributed by atoms with van der Waals surface area (Å²) in [5.74, 6) is -1.56. The highest BCUT2D eigenvalue weighted by atomic mass is 35.5. The lowest BCUT2D eigenvalue weighted by Crippen LogP contribution is -2.54. The van der Waals surface area contributed by atoms with Gasteiger partial charge in [0.05, 0.1) is 39.7 Å². The summed E-state index contributed by atoms with van der Waals surface area (Å²) in [7, 11) is 1.95. The van der Waals surface area contributed by atoms with Crippen LogP contribution in [0.3, 0.4) is 0 Å². The topological polar surface area (TPSA) is 122 Å². The molecule has 3 aliphatic heterocycles. The van der Waals surface area contributed by atoms with Crippen LogP contribution < -0.4 is 15.0 Å². The van der Waals surface area contributed by atoms with E-state index < -0.39 is 29.7 Å². The second-order valence-corrected chi connectivity index (χ2v) is 16.7. The minimum Gasteiger partial charge on any atom is -0.493 e. The van der Waals surface area contributed by atoms with Gasteiger partial charge in [-0.1, -0.05) is 35.9 Å². The number of hydrogen-bond acceptors (Lipinski definition) is 8. The molecular weight excluding hydrogens is 797 g/mol. The van der Waals surface area contributed by atoms with Crippen LogP contribution in [0.2, 0.25) is 5.02 Å². The smallest absolute Gasteiger partial charge is 0.264 e. The molecule has 2 aromatic heterocycles. The molecule has 3 aliphatic rings. The molecule has 1 N–H and O–H groups in total. The number of piperidine rings is 1. The Balaban J connectivity index is 0.944. The fraction of sp³-hybridized carbons (Fsp3) is 0.340. The van der Waals surface area contributed by atoms with Gasteiger partial charge in [-0.05, 0) is 93.4 Å². The van der Waals surface area contributed by atoms with Crippen LogP contribution in [-0.4, -0.2) is 93.1 Å². The molecular formula is C47H47ClFN7O5. The SMILES string of the molecule is Cc1nn(C)c(C)c1-c1c(Cl)ccc2c(CCCOc3cccc4cc(F)ccc34)c(C)n(CCN3CCN(c4cccc5c4C(=O)N(C4CCC(=O)NC4=O)C5=O)CC3)c12. The largest absolute Gasteiger partial charge is 0.493 e. The fourth-order valence-electron chi connectivity index (χ4n) is 9.58. The first-order valence-corrected chi connectivity index (χ1v) is 21.2. The second kappa shape index (κ2) is 16.1. The molecule has 2 saturated heterocycles. The number of carbonyl (C=O) groups is 4. The van der Waals surface area contributed by atoms with Crippen molar-refractivity contribution in [2.75, 3.05) is 44.2 Å². The molecule has 0 radical (unpaired) electrons. The van der Waals surface area contributed by atoms with Crippen molar-refractivity contribution >= 4 is 62.6 Å². The number of rotatable bonds is 11. The Bertz CT molecular complexity index is 2790. The lowest BCUT2D eigenvalue weighted by Gasteiger charge is -2.37. The number of fused-ring (bicyclic) bond motifs is 3. The summed E-state index contributed by atoms with van der Waals surface area (Å²) in [6.45, 7) is 11.0. The Labute approximate surface area is 357 Å². The molecule has 61 heavy (non-hydrogen) atoms. The summed E-state index contributed by atoms with van der Waals surface area (Å²) in [5, 5.41) is 10.5. The quantitative estimate of drug-likeness (QED) is 0.108. The zero-order valence-corrected chi connectivity index (χ0v) is 35.4. The van der Waals surface area contributed by atoms with Gasteiger partial charge in [-0.2, -0.15) is 5.10 Å². The van der Waals surface area contributed by atoms with Crippen molar-refractivity contribution in [2.24, 2.45) is 7.05 Å². The van der Waals surface area contributed by atoms with E-state index in [1.54, 1.807) is 18.2 Å². The number of aryl methyl sites for hydroxylation is 3. The predicted molar refractivity (Wildman–Crippen MR) is 233 cm³/mol. The number of halogens is 2. The molecule has 9 rings (SSSR count). The van der Waals surface area contributed by atoms with Crippen LogP contribution >= 0.6 is 11.6 Å². The maximum atomic E-state index is 13.9. The summed E-state index contributed by atoms with van der Waals surface area (Å²) in [6, 6.07) is 18.8. The summed E-state index contributed by atoms with van der Waals surface area (Å²) in [6.07, 6.45) is 1.73. The monoisotopic (exact) mass is 843 g/mol. The Morgan fingerprint density at radius 1 is 0.852 bits per heavy atom. The van der Waals surface area contributed by atoms with Crippen LogP contribution in [0.1, 0.15) is 62.6 Å². The molecule has 1 atom stereocenters. The van der Waals surface area contributed by atoms with Crippen molar-refractivity contribution < 1.29 is 28.3 Å². The van der Waals surface area contributed by atoms with Gasteiger partial charge in [0.25, 0.3) is 11.8 Å². The number of aromatic nitrogens is 3. The summed E-state index contributed by atoms with van der Waals surface area (Å²) >= 11 is 7.13. The van der Waals surface area contributed by atoms with Gasteiger partial charge >= 0.3 is 0 Å². The zero-order valence-electron chi connectivity index (χ0n) is 34.7. The molecule has 12 nitrogen and oxygen atoms in total. The van der Waals surface area contributed by atoms with Gasteiger partial charge in [0, 0.05) is 86.0 Å². The molecule has 4 aromatic carbocycles. The third-order valence-corrected chi connectivity index (χ3v) is 13.1. The number of nitrogens with zero attached hydrogens (tertiary/aromatic N) is 6. The van der Waals surface area contributed by atoms with Gasteiger partial charge in [-0.15, -0.1) is 0 Å². The minimum absolute atomic E-state index is 0.0712. The van der Waals surface area contributed by atoms with Crippen molar-refractivity contribution in [1.82, 2.24) is 29.5 Å². The van der Waals surface area contributed by atoms with Gasteiger partial charge in [0.15, 0.2) is 0 Å². The second-order valence-electron chi connectivity index (χ2n) is 16.3. The highest BCUT2D eigenvalue weighted by Crippen LogP contribution is 2.42. The van der Waals surface area contributed by atoms with E-state index in [9.17, 15) is 23.6 Å². The summed E-state index contributed by atoms with van der Waals surface area (Å²) in [4.78, 5) is 57.4. The third kappa shape index (κ3) is 7.13. The van der Waals surface area contributed by atoms with Crippen molar-refractivity contribution in [1.29, 1.82) is 0 Å². The maximum absolute atomic E-state index is 13.9. The number of piperazine rings is 1. The van der Waals surface area contributed by atoms with E-state index >= 15 is 0 Å². The number of benzene rings is 4. The lowest BCUT2D eigenvalue weighted by atomic mass is 9.98. The highest BCUT2D eigenvalue weighted by Gasteiger charge is 2.46. The first-order valence-electron chi connectivity index (χ1n) is 20.8. The highest BCUT2D eigenvalue weighted by molar-refractivity contribution is 6.35. The lowest BCUT2D eigenvalue weighted by molar-refractivity contribution is -0.136. The molecule has 0 bridgehead atoms. The number of nitrogens with one attached hydrogen (secondary N) is 1. The van der Waals surface area contributed by atoms with Gasteiger partial charge in [0.1, 0.15) is 17.6 Å². The fourth-order valence-corrected chi connectivity index (χ4v) is 9.83.